The zero-order valence-electron chi connectivity index (χ0n) is 17.6. The minimum Gasteiger partial charge on any atom is -0.439 e. The van der Waals surface area contributed by atoms with Crippen LogP contribution in [-0.2, 0) is 10.0 Å². The predicted octanol–water partition coefficient (Wildman–Crippen LogP) is 4.32. The minimum absolute atomic E-state index is 0.0118. The number of hydrogen-bond acceptors (Lipinski definition) is 6. The molecule has 0 aliphatic rings. The van der Waals surface area contributed by atoms with E-state index in [4.69, 9.17) is 4.74 Å². The van der Waals surface area contributed by atoms with E-state index in [1.807, 2.05) is 18.4 Å². The number of nitrogens with one attached hydrogen (secondary N) is 1. The molecule has 8 nitrogen and oxygen atoms in total. The Labute approximate surface area is 184 Å². The van der Waals surface area contributed by atoms with Crippen LogP contribution in [0.5, 0.6) is 11.6 Å². The third kappa shape index (κ3) is 4.45. The summed E-state index contributed by atoms with van der Waals surface area (Å²) in [5.74, 6) is 0.923. The van der Waals surface area contributed by atoms with Crippen LogP contribution < -0.4 is 9.46 Å². The summed E-state index contributed by atoms with van der Waals surface area (Å²) in [6.45, 7) is 5.40. The second kappa shape index (κ2) is 8.39. The van der Waals surface area contributed by atoms with E-state index in [2.05, 4.69) is 19.7 Å². The molecule has 0 aliphatic heterocycles. The van der Waals surface area contributed by atoms with Crippen molar-refractivity contribution in [1.29, 1.82) is 0 Å². The molecule has 4 aromatic rings. The van der Waals surface area contributed by atoms with Crippen LogP contribution in [0, 0.1) is 26.6 Å². The summed E-state index contributed by atoms with van der Waals surface area (Å²) in [4.78, 5) is 12.7. The summed E-state index contributed by atoms with van der Waals surface area (Å²) >= 11 is 0. The van der Waals surface area contributed by atoms with Gasteiger partial charge >= 0.3 is 0 Å². The van der Waals surface area contributed by atoms with Crippen LogP contribution in [-0.4, -0.2) is 27.9 Å². The van der Waals surface area contributed by atoms with Crippen LogP contribution in [0.25, 0.3) is 5.82 Å². The Morgan fingerprint density at radius 2 is 1.72 bits per heavy atom. The Hall–Kier alpha value is -3.79. The molecule has 2 aromatic heterocycles. The fourth-order valence-electron chi connectivity index (χ4n) is 3.08. The van der Waals surface area contributed by atoms with Gasteiger partial charge in [-0.3, -0.25) is 9.29 Å². The highest BCUT2D eigenvalue weighted by atomic mass is 32.2. The first-order valence-electron chi connectivity index (χ1n) is 9.63. The van der Waals surface area contributed by atoms with E-state index in [9.17, 15) is 12.8 Å². The first kappa shape index (κ1) is 21.4. The highest BCUT2D eigenvalue weighted by Crippen LogP contribution is 2.25. The van der Waals surface area contributed by atoms with E-state index in [0.717, 1.165) is 17.5 Å². The van der Waals surface area contributed by atoms with Crippen molar-refractivity contribution in [2.24, 2.45) is 0 Å². The number of benzene rings is 2. The van der Waals surface area contributed by atoms with Crippen molar-refractivity contribution < 1.29 is 17.5 Å². The number of rotatable bonds is 6. The van der Waals surface area contributed by atoms with Gasteiger partial charge in [-0.1, -0.05) is 0 Å². The molecule has 0 spiro atoms. The SMILES string of the molecule is Cc1cc(F)ccc1S(=O)(=O)Nc1ccc(Oc2cc(-n3cnc(C)c3C)ncn2)cc1. The van der Waals surface area contributed by atoms with Gasteiger partial charge < -0.3 is 4.74 Å². The quantitative estimate of drug-likeness (QED) is 0.467. The minimum atomic E-state index is -3.86. The van der Waals surface area contributed by atoms with E-state index in [1.54, 1.807) is 36.7 Å². The maximum absolute atomic E-state index is 13.3. The van der Waals surface area contributed by atoms with E-state index >= 15 is 0 Å². The van der Waals surface area contributed by atoms with Crippen LogP contribution >= 0.6 is 0 Å². The van der Waals surface area contributed by atoms with Gasteiger partial charge in [0, 0.05) is 17.4 Å². The molecule has 0 bridgehead atoms. The monoisotopic (exact) mass is 453 g/mol. The van der Waals surface area contributed by atoms with Crippen molar-refractivity contribution in [3.8, 4) is 17.4 Å². The molecule has 0 radical (unpaired) electrons. The first-order valence-corrected chi connectivity index (χ1v) is 11.1. The molecule has 4 rings (SSSR count). The van der Waals surface area contributed by atoms with E-state index in [1.165, 1.54) is 25.4 Å². The molecule has 1 N–H and O–H groups in total. The Morgan fingerprint density at radius 1 is 0.969 bits per heavy atom. The highest BCUT2D eigenvalue weighted by Gasteiger charge is 2.17. The third-order valence-corrected chi connectivity index (χ3v) is 6.42. The summed E-state index contributed by atoms with van der Waals surface area (Å²) in [5, 5.41) is 0. The highest BCUT2D eigenvalue weighted by molar-refractivity contribution is 7.92. The molecule has 2 heterocycles. The molecule has 0 amide bonds. The van der Waals surface area contributed by atoms with Crippen LogP contribution in [0.3, 0.4) is 0 Å². The molecule has 2 aromatic carbocycles. The summed E-state index contributed by atoms with van der Waals surface area (Å²) in [7, 11) is -3.86. The number of nitrogens with zero attached hydrogens (tertiary/aromatic N) is 4. The normalized spacial score (nSPS) is 11.4. The molecular formula is C22H20FN5O3S. The van der Waals surface area contributed by atoms with Crippen LogP contribution in [0.15, 0.2) is 66.1 Å². The van der Waals surface area contributed by atoms with Gasteiger partial charge in [-0.25, -0.2) is 27.8 Å². The third-order valence-electron chi connectivity index (χ3n) is 4.88. The van der Waals surface area contributed by atoms with Crippen molar-refractivity contribution in [1.82, 2.24) is 19.5 Å². The summed E-state index contributed by atoms with van der Waals surface area (Å²) in [6, 6.07) is 11.6. The second-order valence-corrected chi connectivity index (χ2v) is 8.79. The second-order valence-electron chi connectivity index (χ2n) is 7.14. The number of hydrogen-bond donors (Lipinski definition) is 1. The lowest BCUT2D eigenvalue weighted by molar-refractivity contribution is 0.461. The van der Waals surface area contributed by atoms with Crippen LogP contribution in [0.4, 0.5) is 10.1 Å². The molecule has 0 aliphatic carbocycles. The van der Waals surface area contributed by atoms with Crippen LogP contribution in [0.1, 0.15) is 17.0 Å². The molecule has 164 valence electrons. The smallest absolute Gasteiger partial charge is 0.262 e. The van der Waals surface area contributed by atoms with Gasteiger partial charge in [0.25, 0.3) is 10.0 Å². The van der Waals surface area contributed by atoms with Gasteiger partial charge in [-0.2, -0.15) is 0 Å². The lowest BCUT2D eigenvalue weighted by atomic mass is 10.2. The largest absolute Gasteiger partial charge is 0.439 e. The van der Waals surface area contributed by atoms with Gasteiger partial charge in [-0.05, 0) is 68.8 Å². The van der Waals surface area contributed by atoms with Crippen LogP contribution in [0.2, 0.25) is 0 Å². The average molecular weight is 453 g/mol. The summed E-state index contributed by atoms with van der Waals surface area (Å²) in [5.41, 5.74) is 2.52. The lowest BCUT2D eigenvalue weighted by Gasteiger charge is -2.11. The zero-order valence-corrected chi connectivity index (χ0v) is 18.4. The molecule has 0 saturated heterocycles. The molecule has 0 saturated carbocycles. The van der Waals surface area contributed by atoms with E-state index in [0.29, 0.717) is 28.7 Å². The fourth-order valence-corrected chi connectivity index (χ4v) is 4.37. The van der Waals surface area contributed by atoms with Crippen molar-refractivity contribution in [3.05, 3.63) is 84.0 Å². The predicted molar refractivity (Wildman–Crippen MR) is 117 cm³/mol. The number of halogens is 1. The zero-order chi connectivity index (χ0) is 22.9. The fraction of sp³-hybridized carbons (Fsp3) is 0.136. The number of aryl methyl sites for hydroxylation is 2. The van der Waals surface area contributed by atoms with E-state index in [-0.39, 0.29) is 4.90 Å². The standard InChI is InChI=1S/C22H20FN5O3S/c1-14-10-17(23)4-9-20(14)32(29,30)27-18-5-7-19(8-6-18)31-22-11-21(24-12-25-22)28-13-26-15(2)16(28)3/h4-13,27H,1-3H3. The van der Waals surface area contributed by atoms with Gasteiger partial charge in [0.05, 0.1) is 10.6 Å². The Bertz CT molecular complexity index is 1390. The van der Waals surface area contributed by atoms with Crippen molar-refractivity contribution in [2.45, 2.75) is 25.7 Å². The Kier molecular flexibility index (Phi) is 5.62. The van der Waals surface area contributed by atoms with Gasteiger partial charge in [0.15, 0.2) is 0 Å². The van der Waals surface area contributed by atoms with Crippen molar-refractivity contribution in [2.75, 3.05) is 4.72 Å². The van der Waals surface area contributed by atoms with Gasteiger partial charge in [0.2, 0.25) is 5.88 Å². The summed E-state index contributed by atoms with van der Waals surface area (Å²) in [6.07, 6.45) is 3.08. The summed E-state index contributed by atoms with van der Waals surface area (Å²) < 4.78 is 48.6. The van der Waals surface area contributed by atoms with E-state index < -0.39 is 15.8 Å². The topological polar surface area (TPSA) is 99.0 Å². The molecule has 10 heteroatoms. The van der Waals surface area contributed by atoms with Crippen molar-refractivity contribution >= 4 is 15.7 Å². The van der Waals surface area contributed by atoms with Gasteiger partial charge in [0.1, 0.15) is 30.0 Å². The number of imidazole rings is 1. The maximum Gasteiger partial charge on any atom is 0.262 e. The number of ether oxygens (including phenoxy) is 1. The molecule has 32 heavy (non-hydrogen) atoms. The molecule has 0 unspecified atom stereocenters. The Balaban J connectivity index is 1.50. The number of anilines is 1. The number of aromatic nitrogens is 4. The first-order chi connectivity index (χ1) is 15.2. The average Bonchev–Trinajstić information content (AvgIpc) is 3.08. The van der Waals surface area contributed by atoms with Gasteiger partial charge in [-0.15, -0.1) is 0 Å². The lowest BCUT2D eigenvalue weighted by Crippen LogP contribution is -2.14. The maximum atomic E-state index is 13.3. The molecule has 0 atom stereocenters. The molecular weight excluding hydrogens is 433 g/mol. The molecule has 0 fully saturated rings. The number of sulfonamides is 1. The van der Waals surface area contributed by atoms with Crippen molar-refractivity contribution in [3.63, 3.8) is 0 Å². The Morgan fingerprint density at radius 3 is 2.38 bits per heavy atom.